The summed E-state index contributed by atoms with van der Waals surface area (Å²) in [7, 11) is -2.74. The number of sulfone groups is 1. The minimum atomic E-state index is -2.74. The Hall–Kier alpha value is -0.0500. The van der Waals surface area contributed by atoms with Crippen molar-refractivity contribution in [1.82, 2.24) is 0 Å². The predicted molar refractivity (Wildman–Crippen MR) is 41.7 cm³/mol. The molecule has 0 saturated carbocycles. The van der Waals surface area contributed by atoms with Gasteiger partial charge in [-0.1, -0.05) is 6.42 Å². The molecule has 2 unspecified atom stereocenters. The van der Waals surface area contributed by atoms with Crippen molar-refractivity contribution in [2.45, 2.75) is 43.6 Å². The van der Waals surface area contributed by atoms with Gasteiger partial charge in [-0.05, 0) is 26.7 Å². The highest BCUT2D eigenvalue weighted by Crippen LogP contribution is 2.24. The van der Waals surface area contributed by atoms with E-state index in [1.807, 2.05) is 13.8 Å². The van der Waals surface area contributed by atoms with Gasteiger partial charge in [0.1, 0.15) is 0 Å². The molecule has 10 heavy (non-hydrogen) atoms. The molecule has 1 aliphatic heterocycles. The van der Waals surface area contributed by atoms with Gasteiger partial charge >= 0.3 is 0 Å². The first kappa shape index (κ1) is 8.05. The van der Waals surface area contributed by atoms with E-state index in [1.165, 1.54) is 0 Å². The highest BCUT2D eigenvalue weighted by atomic mass is 32.2. The van der Waals surface area contributed by atoms with Crippen LogP contribution in [0.5, 0.6) is 0 Å². The van der Waals surface area contributed by atoms with E-state index >= 15 is 0 Å². The fourth-order valence-electron chi connectivity index (χ4n) is 1.42. The average Bonchev–Trinajstić information content (AvgIpc) is 1.84. The first-order valence-corrected chi connectivity index (χ1v) is 5.39. The number of rotatable bonds is 0. The molecule has 2 atom stereocenters. The Kier molecular flexibility index (Phi) is 2.04. The molecule has 1 aliphatic rings. The summed E-state index contributed by atoms with van der Waals surface area (Å²) in [5.41, 5.74) is 0. The lowest BCUT2D eigenvalue weighted by atomic mass is 10.1. The van der Waals surface area contributed by atoms with Crippen LogP contribution in [0.2, 0.25) is 0 Å². The van der Waals surface area contributed by atoms with Gasteiger partial charge in [0.05, 0.1) is 10.5 Å². The van der Waals surface area contributed by atoms with Crippen molar-refractivity contribution in [3.8, 4) is 0 Å². The quantitative estimate of drug-likeness (QED) is 0.539. The van der Waals surface area contributed by atoms with Crippen LogP contribution in [0.3, 0.4) is 0 Å². The average molecular weight is 162 g/mol. The first-order valence-electron chi connectivity index (χ1n) is 3.78. The monoisotopic (exact) mass is 162 g/mol. The van der Waals surface area contributed by atoms with E-state index in [0.717, 1.165) is 19.3 Å². The van der Waals surface area contributed by atoms with Crippen LogP contribution in [0, 0.1) is 0 Å². The van der Waals surface area contributed by atoms with Crippen molar-refractivity contribution in [3.05, 3.63) is 0 Å². The van der Waals surface area contributed by atoms with Gasteiger partial charge in [-0.3, -0.25) is 0 Å². The SMILES string of the molecule is CC1CCCC(C)S1(=O)=O. The molecule has 2 nitrogen and oxygen atoms in total. The van der Waals surface area contributed by atoms with E-state index in [2.05, 4.69) is 0 Å². The van der Waals surface area contributed by atoms with Crippen LogP contribution in [-0.2, 0) is 9.84 Å². The molecule has 0 aromatic heterocycles. The second kappa shape index (κ2) is 2.53. The van der Waals surface area contributed by atoms with Crippen LogP contribution >= 0.6 is 0 Å². The molecule has 0 spiro atoms. The molecule has 0 radical (unpaired) electrons. The predicted octanol–water partition coefficient (Wildman–Crippen LogP) is 1.36. The number of hydrogen-bond donors (Lipinski definition) is 0. The summed E-state index contributed by atoms with van der Waals surface area (Å²) in [6, 6.07) is 0. The van der Waals surface area contributed by atoms with E-state index in [9.17, 15) is 8.42 Å². The van der Waals surface area contributed by atoms with Gasteiger partial charge in [-0.2, -0.15) is 0 Å². The van der Waals surface area contributed by atoms with Gasteiger partial charge in [0.15, 0.2) is 9.84 Å². The molecule has 60 valence electrons. The topological polar surface area (TPSA) is 34.1 Å². The lowest BCUT2D eigenvalue weighted by Crippen LogP contribution is -2.32. The third kappa shape index (κ3) is 1.19. The zero-order valence-electron chi connectivity index (χ0n) is 6.50. The molecule has 0 aliphatic carbocycles. The molecular formula is C7H14O2S. The minimum Gasteiger partial charge on any atom is -0.228 e. The van der Waals surface area contributed by atoms with E-state index in [1.54, 1.807) is 0 Å². The van der Waals surface area contributed by atoms with Gasteiger partial charge in [0.25, 0.3) is 0 Å². The number of hydrogen-bond acceptors (Lipinski definition) is 2. The Morgan fingerprint density at radius 1 is 1.10 bits per heavy atom. The summed E-state index contributed by atoms with van der Waals surface area (Å²) in [6.45, 7) is 3.62. The van der Waals surface area contributed by atoms with Gasteiger partial charge in [-0.15, -0.1) is 0 Å². The lowest BCUT2D eigenvalue weighted by molar-refractivity contribution is 0.522. The van der Waals surface area contributed by atoms with Crippen LogP contribution in [-0.4, -0.2) is 18.9 Å². The second-order valence-corrected chi connectivity index (χ2v) is 5.93. The summed E-state index contributed by atoms with van der Waals surface area (Å²) in [5.74, 6) is 0. The van der Waals surface area contributed by atoms with Gasteiger partial charge in [0.2, 0.25) is 0 Å². The molecule has 0 aromatic carbocycles. The van der Waals surface area contributed by atoms with Crippen molar-refractivity contribution in [1.29, 1.82) is 0 Å². The Labute approximate surface area is 62.5 Å². The maximum Gasteiger partial charge on any atom is 0.155 e. The molecule has 3 heteroatoms. The summed E-state index contributed by atoms with van der Waals surface area (Å²) in [5, 5.41) is -0.201. The van der Waals surface area contributed by atoms with Crippen LogP contribution in [0.4, 0.5) is 0 Å². The molecule has 1 heterocycles. The first-order chi connectivity index (χ1) is 4.55. The minimum absolute atomic E-state index is 0.101. The maximum absolute atomic E-state index is 11.3. The summed E-state index contributed by atoms with van der Waals surface area (Å²) in [6.07, 6.45) is 2.78. The van der Waals surface area contributed by atoms with E-state index in [4.69, 9.17) is 0 Å². The van der Waals surface area contributed by atoms with Crippen LogP contribution in [0.15, 0.2) is 0 Å². The smallest absolute Gasteiger partial charge is 0.155 e. The zero-order valence-corrected chi connectivity index (χ0v) is 7.32. The summed E-state index contributed by atoms with van der Waals surface area (Å²) in [4.78, 5) is 0. The Bertz CT molecular complexity index is 190. The van der Waals surface area contributed by atoms with Crippen molar-refractivity contribution in [3.63, 3.8) is 0 Å². The largest absolute Gasteiger partial charge is 0.228 e. The van der Waals surface area contributed by atoms with Crippen LogP contribution in [0.25, 0.3) is 0 Å². The molecule has 0 amide bonds. The van der Waals surface area contributed by atoms with Gasteiger partial charge < -0.3 is 0 Å². The fraction of sp³-hybridized carbons (Fsp3) is 1.00. The molecule has 1 rings (SSSR count). The Balaban J connectivity index is 2.84. The van der Waals surface area contributed by atoms with Gasteiger partial charge in [-0.25, -0.2) is 8.42 Å². The fourth-order valence-corrected chi connectivity index (χ4v) is 3.20. The third-order valence-corrected chi connectivity index (χ3v) is 5.06. The summed E-state index contributed by atoms with van der Waals surface area (Å²) < 4.78 is 22.6. The lowest BCUT2D eigenvalue weighted by Gasteiger charge is -2.23. The molecule has 1 fully saturated rings. The van der Waals surface area contributed by atoms with E-state index in [-0.39, 0.29) is 10.5 Å². The van der Waals surface area contributed by atoms with Crippen molar-refractivity contribution in [2.75, 3.05) is 0 Å². The summed E-state index contributed by atoms with van der Waals surface area (Å²) >= 11 is 0. The highest BCUT2D eigenvalue weighted by molar-refractivity contribution is 7.92. The van der Waals surface area contributed by atoms with Crippen molar-refractivity contribution in [2.24, 2.45) is 0 Å². The molecule has 0 bridgehead atoms. The van der Waals surface area contributed by atoms with E-state index < -0.39 is 9.84 Å². The Morgan fingerprint density at radius 3 is 1.80 bits per heavy atom. The van der Waals surface area contributed by atoms with Crippen LogP contribution in [0.1, 0.15) is 33.1 Å². The van der Waals surface area contributed by atoms with Crippen molar-refractivity contribution < 1.29 is 8.42 Å². The molecule has 0 aromatic rings. The molecule has 0 N–H and O–H groups in total. The second-order valence-electron chi connectivity index (χ2n) is 3.14. The van der Waals surface area contributed by atoms with Crippen LogP contribution < -0.4 is 0 Å². The highest BCUT2D eigenvalue weighted by Gasteiger charge is 2.31. The standard InChI is InChI=1S/C7H14O2S/c1-6-4-3-5-7(2)10(6,8)9/h6-7H,3-5H2,1-2H3. The van der Waals surface area contributed by atoms with E-state index in [0.29, 0.717) is 0 Å². The molecular weight excluding hydrogens is 148 g/mol. The normalized spacial score (nSPS) is 39.4. The molecule has 1 saturated heterocycles. The van der Waals surface area contributed by atoms with Gasteiger partial charge in [0, 0.05) is 0 Å². The third-order valence-electron chi connectivity index (χ3n) is 2.34. The van der Waals surface area contributed by atoms with Crippen molar-refractivity contribution >= 4 is 9.84 Å². The zero-order chi connectivity index (χ0) is 7.78. The Morgan fingerprint density at radius 2 is 1.50 bits per heavy atom. The maximum atomic E-state index is 11.3.